The second-order valence-electron chi connectivity index (χ2n) is 12.1. The largest absolute Gasteiger partial charge is 0.478 e. The lowest BCUT2D eigenvalue weighted by Gasteiger charge is -2.05. The number of aromatic nitrogens is 4. The molecule has 238 valence electrons. The molecule has 3 heterocycles. The number of hydrogen-bond donors (Lipinski definition) is 3. The van der Waals surface area contributed by atoms with Crippen LogP contribution in [0.2, 0.25) is 0 Å². The van der Waals surface area contributed by atoms with Crippen LogP contribution in [-0.4, -0.2) is 31.0 Å². The normalized spacial score (nSPS) is 11.4. The molecule has 0 aliphatic carbocycles. The van der Waals surface area contributed by atoms with Crippen LogP contribution in [0.4, 0.5) is 0 Å². The minimum Gasteiger partial charge on any atom is -0.478 e. The molecule has 6 aromatic carbocycles. The highest BCUT2D eigenvalue weighted by Gasteiger charge is 2.20. The zero-order valence-corrected chi connectivity index (χ0v) is 26.6. The van der Waals surface area contributed by atoms with Gasteiger partial charge < -0.3 is 19.5 Å². The van der Waals surface area contributed by atoms with Crippen LogP contribution in [-0.2, 0) is 0 Å². The molecule has 9 aromatic rings. The number of benzene rings is 6. The predicted octanol–water partition coefficient (Wildman–Crippen LogP) is 10.7. The van der Waals surface area contributed by atoms with E-state index in [0.717, 1.165) is 83.9 Å². The fraction of sp³-hybridized carbons (Fsp3) is 0. The summed E-state index contributed by atoms with van der Waals surface area (Å²) in [4.78, 5) is 28.7. The van der Waals surface area contributed by atoms with Crippen molar-refractivity contribution in [2.75, 3.05) is 0 Å². The second-order valence-corrected chi connectivity index (χ2v) is 12.1. The van der Waals surface area contributed by atoms with Gasteiger partial charge in [-0.15, -0.1) is 0 Å². The number of fused-ring (bicyclic) bond motifs is 3. The molecule has 3 aromatic heterocycles. The molecule has 0 fully saturated rings. The van der Waals surface area contributed by atoms with E-state index in [0.29, 0.717) is 5.82 Å². The van der Waals surface area contributed by atoms with Crippen molar-refractivity contribution < 1.29 is 14.3 Å². The van der Waals surface area contributed by atoms with E-state index in [4.69, 9.17) is 14.4 Å². The molecule has 0 bridgehead atoms. The third kappa shape index (κ3) is 5.14. The van der Waals surface area contributed by atoms with Gasteiger partial charge in [0.25, 0.3) is 0 Å². The summed E-state index contributed by atoms with van der Waals surface area (Å²) in [5, 5.41) is 11.4. The summed E-state index contributed by atoms with van der Waals surface area (Å²) in [6.45, 7) is 0. The first-order valence-corrected chi connectivity index (χ1v) is 16.3. The Morgan fingerprint density at radius 3 is 1.32 bits per heavy atom. The molecule has 9 rings (SSSR count). The molecule has 7 heteroatoms. The Labute approximate surface area is 286 Å². The van der Waals surface area contributed by atoms with E-state index in [2.05, 4.69) is 52.4 Å². The van der Waals surface area contributed by atoms with Crippen LogP contribution in [0.15, 0.2) is 156 Å². The van der Waals surface area contributed by atoms with Crippen molar-refractivity contribution in [2.45, 2.75) is 0 Å². The number of aromatic carboxylic acids is 1. The number of hydrogen-bond acceptors (Lipinski definition) is 4. The van der Waals surface area contributed by atoms with Crippen molar-refractivity contribution in [3.8, 4) is 67.8 Å². The van der Waals surface area contributed by atoms with Gasteiger partial charge in [-0.1, -0.05) is 103 Å². The van der Waals surface area contributed by atoms with Crippen molar-refractivity contribution in [2.24, 2.45) is 0 Å². The van der Waals surface area contributed by atoms with Crippen molar-refractivity contribution in [3.05, 3.63) is 157 Å². The molecule has 0 unspecified atom stereocenters. The summed E-state index contributed by atoms with van der Waals surface area (Å²) in [7, 11) is 0. The summed E-state index contributed by atoms with van der Waals surface area (Å²) in [5.41, 5.74) is 11.0. The number of carboxylic acid groups (broad SMARTS) is 1. The SMILES string of the molecule is O=C(O)c1ccc(-c2nc(-c3ccccc3)c(-c3ccc4oc5ccc(-c6[nH]c(-c7ccccc7)nc6-c6ccccc6)cc5c4c3)[nH]2)cc1. The lowest BCUT2D eigenvalue weighted by molar-refractivity contribution is 0.0697. The number of imidazole rings is 2. The Morgan fingerprint density at radius 2 is 0.880 bits per heavy atom. The molecule has 0 saturated heterocycles. The van der Waals surface area contributed by atoms with Gasteiger partial charge in [-0.25, -0.2) is 14.8 Å². The predicted molar refractivity (Wildman–Crippen MR) is 198 cm³/mol. The fourth-order valence-corrected chi connectivity index (χ4v) is 6.50. The lowest BCUT2D eigenvalue weighted by Crippen LogP contribution is -1.95. The summed E-state index contributed by atoms with van der Waals surface area (Å²) in [6.07, 6.45) is 0. The average Bonchev–Trinajstić information content (AvgIpc) is 3.92. The van der Waals surface area contributed by atoms with Crippen LogP contribution < -0.4 is 0 Å². The van der Waals surface area contributed by atoms with Crippen molar-refractivity contribution >= 4 is 27.9 Å². The molecule has 3 N–H and O–H groups in total. The van der Waals surface area contributed by atoms with E-state index in [-0.39, 0.29) is 5.56 Å². The van der Waals surface area contributed by atoms with Gasteiger partial charge in [0.15, 0.2) is 0 Å². The highest BCUT2D eigenvalue weighted by molar-refractivity contribution is 6.08. The van der Waals surface area contributed by atoms with E-state index in [9.17, 15) is 9.90 Å². The molecular formula is C43H28N4O3. The van der Waals surface area contributed by atoms with Gasteiger partial charge in [0.05, 0.1) is 28.3 Å². The number of furan rings is 1. The van der Waals surface area contributed by atoms with Crippen molar-refractivity contribution in [3.63, 3.8) is 0 Å². The fourth-order valence-electron chi connectivity index (χ4n) is 6.50. The first-order valence-electron chi connectivity index (χ1n) is 16.3. The molecule has 0 atom stereocenters. The zero-order valence-electron chi connectivity index (χ0n) is 26.6. The molecule has 0 saturated carbocycles. The third-order valence-electron chi connectivity index (χ3n) is 9.00. The van der Waals surface area contributed by atoms with Gasteiger partial charge in [0.2, 0.25) is 0 Å². The number of aromatic amines is 2. The zero-order chi connectivity index (χ0) is 33.6. The number of rotatable bonds is 7. The smallest absolute Gasteiger partial charge is 0.335 e. The van der Waals surface area contributed by atoms with Crippen molar-refractivity contribution in [1.82, 2.24) is 19.9 Å². The first-order chi connectivity index (χ1) is 24.6. The monoisotopic (exact) mass is 648 g/mol. The number of nitrogens with zero attached hydrogens (tertiary/aromatic N) is 2. The minimum absolute atomic E-state index is 0.225. The van der Waals surface area contributed by atoms with E-state index >= 15 is 0 Å². The minimum atomic E-state index is -0.967. The van der Waals surface area contributed by atoms with E-state index in [1.165, 1.54) is 0 Å². The molecule has 0 amide bonds. The summed E-state index contributed by atoms with van der Waals surface area (Å²) in [6, 6.07) is 49.6. The maximum atomic E-state index is 11.5. The van der Waals surface area contributed by atoms with Crippen LogP contribution in [0.5, 0.6) is 0 Å². The number of nitrogens with one attached hydrogen (secondary N) is 2. The van der Waals surface area contributed by atoms with Crippen LogP contribution >= 0.6 is 0 Å². The summed E-state index contributed by atoms with van der Waals surface area (Å²) in [5.74, 6) is 0.489. The Morgan fingerprint density at radius 1 is 0.480 bits per heavy atom. The lowest BCUT2D eigenvalue weighted by atomic mass is 10.0. The van der Waals surface area contributed by atoms with Gasteiger partial charge >= 0.3 is 5.97 Å². The van der Waals surface area contributed by atoms with Crippen LogP contribution in [0.25, 0.3) is 89.7 Å². The maximum absolute atomic E-state index is 11.5. The van der Waals surface area contributed by atoms with Crippen LogP contribution in [0.3, 0.4) is 0 Å². The molecule has 7 nitrogen and oxygen atoms in total. The van der Waals surface area contributed by atoms with E-state index in [1.807, 2.05) is 84.9 Å². The quantitative estimate of drug-likeness (QED) is 0.159. The molecule has 0 spiro atoms. The maximum Gasteiger partial charge on any atom is 0.335 e. The van der Waals surface area contributed by atoms with E-state index in [1.54, 1.807) is 24.3 Å². The average molecular weight is 649 g/mol. The van der Waals surface area contributed by atoms with Crippen molar-refractivity contribution in [1.29, 1.82) is 0 Å². The van der Waals surface area contributed by atoms with Gasteiger partial charge in [-0.3, -0.25) is 0 Å². The molecule has 0 aliphatic rings. The molecule has 0 radical (unpaired) electrons. The third-order valence-corrected chi connectivity index (χ3v) is 9.00. The van der Waals surface area contributed by atoms with Gasteiger partial charge in [-0.2, -0.15) is 0 Å². The van der Waals surface area contributed by atoms with Crippen LogP contribution in [0.1, 0.15) is 10.4 Å². The van der Waals surface area contributed by atoms with E-state index < -0.39 is 5.97 Å². The van der Waals surface area contributed by atoms with Gasteiger partial charge in [-0.05, 0) is 48.5 Å². The Kier molecular flexibility index (Phi) is 6.95. The Hall–Kier alpha value is -6.99. The Balaban J connectivity index is 1.19. The Bertz CT molecular complexity index is 2660. The van der Waals surface area contributed by atoms with Gasteiger partial charge in [0, 0.05) is 44.2 Å². The standard InChI is InChI=1S/C43H28N4O3/c48-43(49)30-18-16-29(17-19-30)42-45-38(27-12-6-2-7-13-27)40(47-42)32-21-23-36-34(25-32)33-24-31(20-22-35(33)50-36)39-37(26-10-4-1-5-11-26)44-41(46-39)28-14-8-3-9-15-28/h1-25H,(H,44,46)(H,45,47)(H,48,49). The van der Waals surface area contributed by atoms with Crippen LogP contribution in [0, 0.1) is 0 Å². The number of carbonyl (C=O) groups is 1. The summed E-state index contributed by atoms with van der Waals surface area (Å²) < 4.78 is 6.34. The molecule has 50 heavy (non-hydrogen) atoms. The first kappa shape index (κ1) is 29.2. The summed E-state index contributed by atoms with van der Waals surface area (Å²) >= 11 is 0. The topological polar surface area (TPSA) is 108 Å². The van der Waals surface area contributed by atoms with Gasteiger partial charge in [0.1, 0.15) is 22.8 Å². The highest BCUT2D eigenvalue weighted by Crippen LogP contribution is 2.40. The molecule has 0 aliphatic heterocycles. The highest BCUT2D eigenvalue weighted by atomic mass is 16.4. The number of carboxylic acids is 1. The molecular weight excluding hydrogens is 620 g/mol. The second kappa shape index (κ2) is 11.9. The number of H-pyrrole nitrogens is 2.